The maximum absolute atomic E-state index is 12.9. The number of carbonyl (C=O) groups is 1. The molecule has 0 aliphatic carbocycles. The lowest BCUT2D eigenvalue weighted by Gasteiger charge is -2.34. The van der Waals surface area contributed by atoms with Crippen LogP contribution in [0.4, 0.5) is 0 Å². The van der Waals surface area contributed by atoms with Crippen LogP contribution in [0.5, 0.6) is 11.5 Å². The number of carbonyl (C=O) groups excluding carboxylic acids is 1. The topological polar surface area (TPSA) is 59.8 Å². The summed E-state index contributed by atoms with van der Waals surface area (Å²) < 4.78 is 12.8. The van der Waals surface area contributed by atoms with Gasteiger partial charge in [-0.15, -0.1) is 0 Å². The van der Waals surface area contributed by atoms with Gasteiger partial charge in [0.2, 0.25) is 6.79 Å². The Morgan fingerprint density at radius 2 is 1.86 bits per heavy atom. The van der Waals surface area contributed by atoms with Gasteiger partial charge in [-0.2, -0.15) is 0 Å². The molecule has 1 aromatic carbocycles. The Labute approximate surface area is 163 Å². The highest BCUT2D eigenvalue weighted by Gasteiger charge is 2.24. The predicted octanol–water partition coefficient (Wildman–Crippen LogP) is 2.26. The van der Waals surface area contributed by atoms with Crippen molar-refractivity contribution in [1.82, 2.24) is 19.4 Å². The molecule has 0 spiro atoms. The van der Waals surface area contributed by atoms with Crippen molar-refractivity contribution < 1.29 is 14.3 Å². The van der Waals surface area contributed by atoms with Crippen molar-refractivity contribution in [1.29, 1.82) is 0 Å². The third kappa shape index (κ3) is 3.07. The number of nitrogens with zero attached hydrogens (tertiary/aromatic N) is 4. The van der Waals surface area contributed by atoms with Crippen molar-refractivity contribution in [3.8, 4) is 11.5 Å². The normalized spacial score (nSPS) is 16.7. The Morgan fingerprint density at radius 1 is 1.04 bits per heavy atom. The van der Waals surface area contributed by atoms with Crippen LogP contribution in [0.1, 0.15) is 16.1 Å². The Balaban J connectivity index is 1.22. The molecule has 0 unspecified atom stereocenters. The second-order valence-electron chi connectivity index (χ2n) is 7.29. The zero-order valence-electron chi connectivity index (χ0n) is 15.8. The summed E-state index contributed by atoms with van der Waals surface area (Å²) in [5, 5.41) is 1.05. The number of rotatable bonds is 3. The highest BCUT2D eigenvalue weighted by atomic mass is 16.7. The molecular weight excluding hydrogens is 356 g/mol. The Hall–Kier alpha value is -3.06. The van der Waals surface area contributed by atoms with Crippen molar-refractivity contribution >= 4 is 16.9 Å². The van der Waals surface area contributed by atoms with Crippen LogP contribution in [0.25, 0.3) is 11.0 Å². The van der Waals surface area contributed by atoms with Crippen LogP contribution >= 0.6 is 0 Å². The quantitative estimate of drug-likeness (QED) is 0.700. The molecule has 0 saturated carbocycles. The molecular formula is C21H22N4O3. The standard InChI is InChI=1S/C21H22N4O3/c1-23-7-6-16-3-4-17(22-20(16)23)21(26)25-10-8-24(9-11-25)13-15-2-5-18-19(12-15)28-14-27-18/h2-7,12H,8-11,13-14H2,1H3. The minimum atomic E-state index is 0.00540. The molecule has 2 aliphatic heterocycles. The fourth-order valence-corrected chi connectivity index (χ4v) is 3.82. The first-order chi connectivity index (χ1) is 13.7. The largest absolute Gasteiger partial charge is 0.454 e. The van der Waals surface area contributed by atoms with Gasteiger partial charge in [0, 0.05) is 51.4 Å². The van der Waals surface area contributed by atoms with Gasteiger partial charge in [0.15, 0.2) is 11.5 Å². The van der Waals surface area contributed by atoms with Crippen molar-refractivity contribution in [3.63, 3.8) is 0 Å². The molecule has 0 bridgehead atoms. The SMILES string of the molecule is Cn1ccc2ccc(C(=O)N3CCN(Cc4ccc5c(c4)OCO5)CC3)nc21. The van der Waals surface area contributed by atoms with Gasteiger partial charge in [-0.3, -0.25) is 9.69 Å². The first kappa shape index (κ1) is 17.1. The molecule has 1 fully saturated rings. The van der Waals surface area contributed by atoms with E-state index in [0.29, 0.717) is 25.6 Å². The van der Waals surface area contributed by atoms with E-state index >= 15 is 0 Å². The summed E-state index contributed by atoms with van der Waals surface area (Å²) in [4.78, 5) is 21.7. The molecule has 0 radical (unpaired) electrons. The van der Waals surface area contributed by atoms with Gasteiger partial charge in [0.05, 0.1) is 0 Å². The van der Waals surface area contributed by atoms with E-state index in [1.807, 2.05) is 53.0 Å². The smallest absolute Gasteiger partial charge is 0.272 e. The average Bonchev–Trinajstić information content (AvgIpc) is 3.34. The molecule has 3 aromatic rings. The van der Waals surface area contributed by atoms with E-state index < -0.39 is 0 Å². The highest BCUT2D eigenvalue weighted by Crippen LogP contribution is 2.32. The first-order valence-electron chi connectivity index (χ1n) is 9.49. The molecule has 7 heteroatoms. The van der Waals surface area contributed by atoms with Crippen molar-refractivity contribution in [2.45, 2.75) is 6.54 Å². The van der Waals surface area contributed by atoms with Crippen molar-refractivity contribution in [2.24, 2.45) is 7.05 Å². The molecule has 1 saturated heterocycles. The minimum Gasteiger partial charge on any atom is -0.454 e. The molecule has 5 rings (SSSR count). The van der Waals surface area contributed by atoms with E-state index in [1.54, 1.807) is 0 Å². The Morgan fingerprint density at radius 3 is 2.71 bits per heavy atom. The zero-order valence-corrected chi connectivity index (χ0v) is 15.8. The fraction of sp³-hybridized carbons (Fsp3) is 0.333. The van der Waals surface area contributed by atoms with Crippen LogP contribution in [0.3, 0.4) is 0 Å². The highest BCUT2D eigenvalue weighted by molar-refractivity contribution is 5.94. The molecule has 1 amide bonds. The molecule has 4 heterocycles. The Kier molecular flexibility index (Phi) is 4.16. The molecule has 2 aliphatic rings. The molecule has 0 atom stereocenters. The number of piperazine rings is 1. The number of fused-ring (bicyclic) bond motifs is 2. The molecule has 28 heavy (non-hydrogen) atoms. The number of hydrogen-bond donors (Lipinski definition) is 0. The number of aryl methyl sites for hydroxylation is 1. The van der Waals surface area contributed by atoms with Gasteiger partial charge in [-0.25, -0.2) is 4.98 Å². The maximum atomic E-state index is 12.9. The van der Waals surface area contributed by atoms with Gasteiger partial charge < -0.3 is 18.9 Å². The van der Waals surface area contributed by atoms with Crippen LogP contribution in [0, 0.1) is 0 Å². The van der Waals surface area contributed by atoms with E-state index in [0.717, 1.165) is 42.2 Å². The minimum absolute atomic E-state index is 0.00540. The van der Waals surface area contributed by atoms with E-state index in [2.05, 4.69) is 16.0 Å². The lowest BCUT2D eigenvalue weighted by atomic mass is 10.1. The summed E-state index contributed by atoms with van der Waals surface area (Å²) >= 11 is 0. The lowest BCUT2D eigenvalue weighted by Crippen LogP contribution is -2.48. The van der Waals surface area contributed by atoms with Gasteiger partial charge in [0.1, 0.15) is 11.3 Å². The number of ether oxygens (including phenoxy) is 2. The van der Waals surface area contributed by atoms with Gasteiger partial charge in [-0.05, 0) is 35.9 Å². The van der Waals surface area contributed by atoms with E-state index in [4.69, 9.17) is 9.47 Å². The molecule has 0 N–H and O–H groups in total. The third-order valence-corrected chi connectivity index (χ3v) is 5.44. The summed E-state index contributed by atoms with van der Waals surface area (Å²) in [5.74, 6) is 1.63. The van der Waals surface area contributed by atoms with Crippen LogP contribution in [-0.4, -0.2) is 58.2 Å². The number of amides is 1. The number of hydrogen-bond acceptors (Lipinski definition) is 5. The third-order valence-electron chi connectivity index (χ3n) is 5.44. The molecule has 144 valence electrons. The summed E-state index contributed by atoms with van der Waals surface area (Å²) in [6.07, 6.45) is 1.96. The molecule has 2 aromatic heterocycles. The van der Waals surface area contributed by atoms with Gasteiger partial charge >= 0.3 is 0 Å². The number of pyridine rings is 1. The first-order valence-corrected chi connectivity index (χ1v) is 9.49. The van der Waals surface area contributed by atoms with Crippen LogP contribution < -0.4 is 9.47 Å². The van der Waals surface area contributed by atoms with E-state index in [1.165, 1.54) is 5.56 Å². The van der Waals surface area contributed by atoms with Crippen LogP contribution in [0.2, 0.25) is 0 Å². The summed E-state index contributed by atoms with van der Waals surface area (Å²) in [6, 6.07) is 11.9. The fourth-order valence-electron chi connectivity index (χ4n) is 3.82. The summed E-state index contributed by atoms with van der Waals surface area (Å²) in [6.45, 7) is 4.22. The second kappa shape index (κ2) is 6.83. The van der Waals surface area contributed by atoms with E-state index in [9.17, 15) is 4.79 Å². The van der Waals surface area contributed by atoms with Crippen LogP contribution in [-0.2, 0) is 13.6 Å². The van der Waals surface area contributed by atoms with E-state index in [-0.39, 0.29) is 5.91 Å². The van der Waals surface area contributed by atoms with Gasteiger partial charge in [-0.1, -0.05) is 6.07 Å². The molecule has 7 nitrogen and oxygen atoms in total. The summed E-state index contributed by atoms with van der Waals surface area (Å²) in [7, 11) is 1.94. The number of benzene rings is 1. The van der Waals surface area contributed by atoms with Gasteiger partial charge in [0.25, 0.3) is 5.91 Å². The monoisotopic (exact) mass is 378 g/mol. The number of aromatic nitrogens is 2. The lowest BCUT2D eigenvalue weighted by molar-refractivity contribution is 0.0623. The summed E-state index contributed by atoms with van der Waals surface area (Å²) in [5.41, 5.74) is 2.55. The second-order valence-corrected chi connectivity index (χ2v) is 7.29. The van der Waals surface area contributed by atoms with Crippen molar-refractivity contribution in [3.05, 3.63) is 53.9 Å². The van der Waals surface area contributed by atoms with Crippen LogP contribution in [0.15, 0.2) is 42.6 Å². The predicted molar refractivity (Wildman–Crippen MR) is 104 cm³/mol. The zero-order chi connectivity index (χ0) is 19.1. The average molecular weight is 378 g/mol. The Bertz CT molecular complexity index is 1040. The maximum Gasteiger partial charge on any atom is 0.272 e. The van der Waals surface area contributed by atoms with Crippen molar-refractivity contribution in [2.75, 3.05) is 33.0 Å².